The lowest BCUT2D eigenvalue weighted by atomic mass is 9.86. The molecule has 0 aromatic heterocycles. The van der Waals surface area contributed by atoms with E-state index >= 15 is 0 Å². The van der Waals surface area contributed by atoms with Crippen molar-refractivity contribution < 1.29 is 22.9 Å². The number of benzene rings is 2. The Morgan fingerprint density at radius 1 is 1.06 bits per heavy atom. The van der Waals surface area contributed by atoms with E-state index in [-0.39, 0.29) is 29.6 Å². The molecule has 1 amide bonds. The first-order chi connectivity index (χ1) is 16.4. The van der Waals surface area contributed by atoms with Gasteiger partial charge in [0.25, 0.3) is 5.69 Å². The molecule has 0 bridgehead atoms. The van der Waals surface area contributed by atoms with Crippen molar-refractivity contribution in [1.82, 2.24) is 9.21 Å². The van der Waals surface area contributed by atoms with E-state index in [1.165, 1.54) is 28.6 Å². The van der Waals surface area contributed by atoms with Crippen LogP contribution in [0.5, 0.6) is 5.75 Å². The fraction of sp³-hybridized carbons (Fsp3) is 0.480. The predicted molar refractivity (Wildman–Crippen MR) is 133 cm³/mol. The van der Waals surface area contributed by atoms with Crippen LogP contribution in [0.3, 0.4) is 0 Å². The van der Waals surface area contributed by atoms with Crippen LogP contribution in [0.4, 0.5) is 5.69 Å². The molecule has 1 aliphatic rings. The normalized spacial score (nSPS) is 15.1. The smallest absolute Gasteiger partial charge is 0.269 e. The highest BCUT2D eigenvalue weighted by atomic mass is 32.2. The molecule has 9 nitrogen and oxygen atoms in total. The van der Waals surface area contributed by atoms with Crippen LogP contribution in [-0.2, 0) is 14.8 Å². The zero-order valence-electron chi connectivity index (χ0n) is 20.7. The number of nitro groups is 1. The van der Waals surface area contributed by atoms with Crippen LogP contribution in [0.1, 0.15) is 37.8 Å². The van der Waals surface area contributed by atoms with Crippen LogP contribution >= 0.6 is 0 Å². The lowest BCUT2D eigenvalue weighted by Crippen LogP contribution is -2.53. The highest BCUT2D eigenvalue weighted by Crippen LogP contribution is 2.28. The summed E-state index contributed by atoms with van der Waals surface area (Å²) in [4.78, 5) is 25.1. The molecule has 1 saturated heterocycles. The fourth-order valence-corrected chi connectivity index (χ4v) is 5.54. The van der Waals surface area contributed by atoms with Crippen LogP contribution in [0.25, 0.3) is 0 Å². The fourth-order valence-electron chi connectivity index (χ4n) is 4.11. The van der Waals surface area contributed by atoms with Crippen molar-refractivity contribution in [1.29, 1.82) is 0 Å². The van der Waals surface area contributed by atoms with Crippen LogP contribution in [0.15, 0.2) is 47.4 Å². The molecule has 10 heteroatoms. The van der Waals surface area contributed by atoms with Crippen molar-refractivity contribution in [3.63, 3.8) is 0 Å². The van der Waals surface area contributed by atoms with E-state index in [4.69, 9.17) is 4.74 Å². The van der Waals surface area contributed by atoms with Gasteiger partial charge in [-0.25, -0.2) is 8.42 Å². The van der Waals surface area contributed by atoms with Crippen LogP contribution in [0, 0.1) is 29.4 Å². The van der Waals surface area contributed by atoms with Crippen molar-refractivity contribution >= 4 is 21.6 Å². The van der Waals surface area contributed by atoms with Gasteiger partial charge in [0, 0.05) is 43.7 Å². The van der Waals surface area contributed by atoms with Gasteiger partial charge in [0.1, 0.15) is 5.75 Å². The third-order valence-corrected chi connectivity index (χ3v) is 8.25. The maximum Gasteiger partial charge on any atom is 0.269 e. The minimum absolute atomic E-state index is 0.00313. The van der Waals surface area contributed by atoms with Crippen molar-refractivity contribution in [3.05, 3.63) is 63.7 Å². The zero-order valence-corrected chi connectivity index (χ0v) is 21.5. The Hall–Kier alpha value is -2.98. The molecule has 190 valence electrons. The van der Waals surface area contributed by atoms with Crippen LogP contribution < -0.4 is 4.74 Å². The Kier molecular flexibility index (Phi) is 8.17. The number of aryl methyl sites for hydroxylation is 2. The number of non-ortho nitro benzene ring substituents is 1. The lowest BCUT2D eigenvalue weighted by molar-refractivity contribution is -0.384. The summed E-state index contributed by atoms with van der Waals surface area (Å²) >= 11 is 0. The summed E-state index contributed by atoms with van der Waals surface area (Å²) in [6.45, 7) is 9.31. The molecule has 1 fully saturated rings. The highest BCUT2D eigenvalue weighted by molar-refractivity contribution is 7.89. The Morgan fingerprint density at radius 2 is 1.69 bits per heavy atom. The Bertz CT molecular complexity index is 1170. The number of piperazine rings is 1. The molecular formula is C25H33N3O6S. The predicted octanol–water partition coefficient (Wildman–Crippen LogP) is 3.93. The lowest BCUT2D eigenvalue weighted by Gasteiger charge is -2.38. The molecule has 3 rings (SSSR count). The molecule has 0 spiro atoms. The second kappa shape index (κ2) is 10.7. The summed E-state index contributed by atoms with van der Waals surface area (Å²) in [5.41, 5.74) is 1.45. The van der Waals surface area contributed by atoms with E-state index in [9.17, 15) is 23.3 Å². The van der Waals surface area contributed by atoms with E-state index in [1.807, 2.05) is 45.9 Å². The third kappa shape index (κ3) is 6.37. The number of sulfonamides is 1. The number of carbonyl (C=O) groups is 1. The Morgan fingerprint density at radius 3 is 2.29 bits per heavy atom. The van der Waals surface area contributed by atoms with Gasteiger partial charge in [0.15, 0.2) is 0 Å². The number of ether oxygens (including phenoxy) is 1. The van der Waals surface area contributed by atoms with Gasteiger partial charge in [-0.3, -0.25) is 14.9 Å². The van der Waals surface area contributed by atoms with Gasteiger partial charge in [0.05, 0.1) is 16.4 Å². The Balaban J connectivity index is 1.51. The summed E-state index contributed by atoms with van der Waals surface area (Å²) in [6.07, 6.45) is 1.37. The molecule has 1 aliphatic heterocycles. The quantitative estimate of drug-likeness (QED) is 0.291. The first-order valence-corrected chi connectivity index (χ1v) is 13.1. The maximum atomic E-state index is 13.2. The average Bonchev–Trinajstić information content (AvgIpc) is 2.83. The first-order valence-electron chi connectivity index (χ1n) is 11.7. The highest BCUT2D eigenvalue weighted by Gasteiger charge is 2.36. The van der Waals surface area contributed by atoms with Gasteiger partial charge in [-0.1, -0.05) is 26.0 Å². The molecule has 35 heavy (non-hydrogen) atoms. The van der Waals surface area contributed by atoms with Crippen molar-refractivity contribution in [2.75, 3.05) is 32.8 Å². The molecular weight excluding hydrogens is 470 g/mol. The van der Waals surface area contributed by atoms with Crippen LogP contribution in [0.2, 0.25) is 0 Å². The Labute approximate surface area is 206 Å². The first kappa shape index (κ1) is 26.6. The standard InChI is InChI=1S/C25H33N3O6S/c1-19-6-7-20(2)23(18-19)34-17-5-12-25(3,4)24(29)26-13-15-27(16-14-26)35(32,33)22-10-8-21(9-11-22)28(30)31/h6-11,18H,5,12-17H2,1-4H3. The van der Waals surface area contributed by atoms with Gasteiger partial charge >= 0.3 is 0 Å². The summed E-state index contributed by atoms with van der Waals surface area (Å²) in [5, 5.41) is 10.8. The monoisotopic (exact) mass is 503 g/mol. The summed E-state index contributed by atoms with van der Waals surface area (Å²) in [5.74, 6) is 0.858. The van der Waals surface area contributed by atoms with Gasteiger partial charge in [0.2, 0.25) is 15.9 Å². The number of rotatable bonds is 9. The van der Waals surface area contributed by atoms with Crippen molar-refractivity contribution in [3.8, 4) is 5.75 Å². The van der Waals surface area contributed by atoms with E-state index in [0.29, 0.717) is 26.1 Å². The van der Waals surface area contributed by atoms with E-state index in [2.05, 4.69) is 0 Å². The van der Waals surface area contributed by atoms with Crippen molar-refractivity contribution in [2.45, 2.75) is 45.4 Å². The number of nitro benzene ring substituents is 1. The molecule has 2 aromatic carbocycles. The second-order valence-electron chi connectivity index (χ2n) is 9.55. The topological polar surface area (TPSA) is 110 Å². The molecule has 0 atom stereocenters. The van der Waals surface area contributed by atoms with Crippen molar-refractivity contribution in [2.24, 2.45) is 5.41 Å². The number of amides is 1. The van der Waals surface area contributed by atoms with Gasteiger partial charge < -0.3 is 9.64 Å². The maximum absolute atomic E-state index is 13.2. The molecule has 0 unspecified atom stereocenters. The zero-order chi connectivity index (χ0) is 25.8. The SMILES string of the molecule is Cc1ccc(C)c(OCCCC(C)(C)C(=O)N2CCN(S(=O)(=O)c3ccc([N+](=O)[O-])cc3)CC2)c1. The molecule has 2 aromatic rings. The summed E-state index contributed by atoms with van der Waals surface area (Å²) < 4.78 is 33.1. The summed E-state index contributed by atoms with van der Waals surface area (Å²) in [7, 11) is -3.78. The van der Waals surface area contributed by atoms with Gasteiger partial charge in [-0.2, -0.15) is 4.31 Å². The minimum Gasteiger partial charge on any atom is -0.493 e. The molecule has 0 N–H and O–H groups in total. The number of hydrogen-bond donors (Lipinski definition) is 0. The van der Waals surface area contributed by atoms with Gasteiger partial charge in [-0.05, 0) is 56.0 Å². The second-order valence-corrected chi connectivity index (χ2v) is 11.5. The largest absolute Gasteiger partial charge is 0.493 e. The number of nitrogens with zero attached hydrogens (tertiary/aromatic N) is 3. The molecule has 0 aliphatic carbocycles. The van der Waals surface area contributed by atoms with Crippen LogP contribution in [-0.4, -0.2) is 61.2 Å². The third-order valence-electron chi connectivity index (χ3n) is 6.34. The number of carbonyl (C=O) groups excluding carboxylic acids is 1. The van der Waals surface area contributed by atoms with E-state index in [0.717, 1.165) is 23.3 Å². The molecule has 0 radical (unpaired) electrons. The van der Waals surface area contributed by atoms with E-state index in [1.54, 1.807) is 4.90 Å². The summed E-state index contributed by atoms with van der Waals surface area (Å²) in [6, 6.07) is 10.9. The van der Waals surface area contributed by atoms with E-state index < -0.39 is 20.4 Å². The van der Waals surface area contributed by atoms with Gasteiger partial charge in [-0.15, -0.1) is 0 Å². The number of hydrogen-bond acceptors (Lipinski definition) is 6. The minimum atomic E-state index is -3.78. The average molecular weight is 504 g/mol. The molecule has 1 heterocycles. The molecule has 0 saturated carbocycles.